The molecule has 214 valence electrons. The highest BCUT2D eigenvalue weighted by atomic mass is 32.2. The van der Waals surface area contributed by atoms with Crippen molar-refractivity contribution in [2.75, 3.05) is 42.8 Å². The third-order valence-corrected chi connectivity index (χ3v) is 10.3. The SMILES string of the molecule is CCOC(=O)N1CCN(S(=O)(=O)c2ccc(C(=O)Nc3ccc(S(=O)(=O)Nc4nnc(CC)s4)cc3)cc2)CC1. The van der Waals surface area contributed by atoms with Crippen molar-refractivity contribution < 1.29 is 31.2 Å². The van der Waals surface area contributed by atoms with Crippen LogP contribution >= 0.6 is 11.3 Å². The van der Waals surface area contributed by atoms with Gasteiger partial charge in [0, 0.05) is 37.4 Å². The lowest BCUT2D eigenvalue weighted by Crippen LogP contribution is -2.50. The van der Waals surface area contributed by atoms with E-state index in [0.29, 0.717) is 17.1 Å². The second kappa shape index (κ2) is 12.3. The average molecular weight is 609 g/mol. The molecule has 0 unspecified atom stereocenters. The summed E-state index contributed by atoms with van der Waals surface area (Å²) in [6.07, 6.45) is 0.170. The van der Waals surface area contributed by atoms with Crippen LogP contribution in [0.15, 0.2) is 58.3 Å². The summed E-state index contributed by atoms with van der Waals surface area (Å²) in [4.78, 5) is 26.0. The fourth-order valence-electron chi connectivity index (χ4n) is 3.79. The highest BCUT2D eigenvalue weighted by Crippen LogP contribution is 2.22. The second-order valence-corrected chi connectivity index (χ2v) is 13.2. The van der Waals surface area contributed by atoms with Gasteiger partial charge in [0.05, 0.1) is 16.4 Å². The van der Waals surface area contributed by atoms with E-state index in [9.17, 15) is 26.4 Å². The Morgan fingerprint density at radius 1 is 0.900 bits per heavy atom. The van der Waals surface area contributed by atoms with E-state index in [1.807, 2.05) is 6.92 Å². The number of aromatic nitrogens is 2. The number of hydrogen-bond acceptors (Lipinski definition) is 10. The van der Waals surface area contributed by atoms with E-state index in [0.717, 1.165) is 11.3 Å². The summed E-state index contributed by atoms with van der Waals surface area (Å²) in [5.41, 5.74) is 0.566. The Morgan fingerprint density at radius 2 is 1.52 bits per heavy atom. The maximum atomic E-state index is 13.0. The minimum Gasteiger partial charge on any atom is -0.450 e. The van der Waals surface area contributed by atoms with Gasteiger partial charge < -0.3 is 15.0 Å². The molecule has 3 aromatic rings. The first-order valence-electron chi connectivity index (χ1n) is 12.3. The highest BCUT2D eigenvalue weighted by molar-refractivity contribution is 7.93. The van der Waals surface area contributed by atoms with Crippen molar-refractivity contribution in [2.45, 2.75) is 30.1 Å². The van der Waals surface area contributed by atoms with Gasteiger partial charge in [0.2, 0.25) is 15.2 Å². The molecule has 1 saturated heterocycles. The first kappa shape index (κ1) is 29.4. The normalized spacial score (nSPS) is 14.5. The fourth-order valence-corrected chi connectivity index (χ4v) is 7.12. The first-order valence-corrected chi connectivity index (χ1v) is 16.1. The molecule has 1 aromatic heterocycles. The van der Waals surface area contributed by atoms with Gasteiger partial charge >= 0.3 is 6.09 Å². The van der Waals surface area contributed by atoms with E-state index < -0.39 is 32.0 Å². The molecule has 1 fully saturated rings. The van der Waals surface area contributed by atoms with E-state index >= 15 is 0 Å². The van der Waals surface area contributed by atoms with Crippen molar-refractivity contribution in [1.82, 2.24) is 19.4 Å². The van der Waals surface area contributed by atoms with E-state index in [1.165, 1.54) is 57.7 Å². The van der Waals surface area contributed by atoms with Crippen LogP contribution in [0.1, 0.15) is 29.2 Å². The molecular weight excluding hydrogens is 581 g/mol. The molecule has 0 bridgehead atoms. The van der Waals surface area contributed by atoms with Crippen LogP contribution in [0.3, 0.4) is 0 Å². The molecule has 0 saturated carbocycles. The van der Waals surface area contributed by atoms with Crippen molar-refractivity contribution in [3.05, 3.63) is 59.1 Å². The highest BCUT2D eigenvalue weighted by Gasteiger charge is 2.30. The predicted molar refractivity (Wildman–Crippen MR) is 148 cm³/mol. The smallest absolute Gasteiger partial charge is 0.409 e. The molecule has 13 nitrogen and oxygen atoms in total. The second-order valence-electron chi connectivity index (χ2n) is 8.55. The molecular formula is C24H28N6O7S3. The maximum absolute atomic E-state index is 13.0. The standard InChI is InChI=1S/C24H28N6O7S3/c1-3-21-26-27-23(38-21)28-39(33,34)19-11-7-18(8-12-19)25-22(31)17-5-9-20(10-6-17)40(35,36)30-15-13-29(14-16-30)24(32)37-4-2/h5-12H,3-4,13-16H2,1-2H3,(H,25,31)(H,27,28). The van der Waals surface area contributed by atoms with Gasteiger partial charge in [0.15, 0.2) is 0 Å². The largest absolute Gasteiger partial charge is 0.450 e. The van der Waals surface area contributed by atoms with Crippen LogP contribution < -0.4 is 10.0 Å². The Hall–Kier alpha value is -3.60. The lowest BCUT2D eigenvalue weighted by Gasteiger charge is -2.33. The molecule has 16 heteroatoms. The lowest BCUT2D eigenvalue weighted by atomic mass is 10.2. The van der Waals surface area contributed by atoms with Crippen LogP contribution in [0, 0.1) is 0 Å². The minimum absolute atomic E-state index is 0.0172. The molecule has 0 spiro atoms. The quantitative estimate of drug-likeness (QED) is 0.371. The third-order valence-electron chi connectivity index (χ3n) is 5.93. The van der Waals surface area contributed by atoms with Crippen molar-refractivity contribution in [3.63, 3.8) is 0 Å². The summed E-state index contributed by atoms with van der Waals surface area (Å²) in [5, 5.41) is 11.2. The summed E-state index contributed by atoms with van der Waals surface area (Å²) in [6.45, 7) is 4.53. The number of nitrogens with zero attached hydrogens (tertiary/aromatic N) is 4. The predicted octanol–water partition coefficient (Wildman–Crippen LogP) is 2.62. The van der Waals surface area contributed by atoms with Gasteiger partial charge in [-0.25, -0.2) is 21.6 Å². The summed E-state index contributed by atoms with van der Waals surface area (Å²) in [5.74, 6) is -0.498. The lowest BCUT2D eigenvalue weighted by molar-refractivity contribution is 0.0933. The average Bonchev–Trinajstić information content (AvgIpc) is 3.40. The molecule has 4 rings (SSSR count). The summed E-state index contributed by atoms with van der Waals surface area (Å²) < 4.78 is 59.9. The van der Waals surface area contributed by atoms with Gasteiger partial charge in [0.1, 0.15) is 5.01 Å². The molecule has 2 heterocycles. The molecule has 2 amide bonds. The van der Waals surface area contributed by atoms with Crippen molar-refractivity contribution >= 4 is 54.2 Å². The molecule has 0 atom stereocenters. The molecule has 1 aliphatic heterocycles. The van der Waals surface area contributed by atoms with E-state index in [4.69, 9.17) is 4.74 Å². The maximum Gasteiger partial charge on any atom is 0.409 e. The van der Waals surface area contributed by atoms with Crippen LogP contribution in [0.5, 0.6) is 0 Å². The third kappa shape index (κ3) is 6.75. The number of benzene rings is 2. The zero-order chi connectivity index (χ0) is 28.9. The first-order chi connectivity index (χ1) is 19.0. The molecule has 0 radical (unpaired) electrons. The Morgan fingerprint density at radius 3 is 2.10 bits per heavy atom. The molecule has 40 heavy (non-hydrogen) atoms. The molecule has 2 N–H and O–H groups in total. The van der Waals surface area contributed by atoms with Crippen LogP contribution in [0.4, 0.5) is 15.6 Å². The van der Waals surface area contributed by atoms with E-state index in [-0.39, 0.29) is 53.3 Å². The Labute approximate surface area is 236 Å². The van der Waals surface area contributed by atoms with Crippen LogP contribution in [-0.4, -0.2) is 81.0 Å². The number of sulfonamides is 2. The van der Waals surface area contributed by atoms with Crippen molar-refractivity contribution in [3.8, 4) is 0 Å². The number of anilines is 2. The van der Waals surface area contributed by atoms with Gasteiger partial charge in [-0.3, -0.25) is 9.52 Å². The number of amides is 2. The number of aryl methyl sites for hydroxylation is 1. The Balaban J connectivity index is 1.36. The summed E-state index contributed by atoms with van der Waals surface area (Å²) in [6, 6.07) is 11.1. The topological polar surface area (TPSA) is 168 Å². The van der Waals surface area contributed by atoms with Gasteiger partial charge in [-0.1, -0.05) is 18.3 Å². The number of hydrogen-bond donors (Lipinski definition) is 2. The van der Waals surface area contributed by atoms with E-state index in [2.05, 4.69) is 20.2 Å². The monoisotopic (exact) mass is 608 g/mol. The van der Waals surface area contributed by atoms with E-state index in [1.54, 1.807) is 6.92 Å². The zero-order valence-corrected chi connectivity index (χ0v) is 24.2. The Kier molecular flexibility index (Phi) is 9.02. The van der Waals surface area contributed by atoms with Gasteiger partial charge in [-0.2, -0.15) is 4.31 Å². The number of carbonyl (C=O) groups excluding carboxylic acids is 2. The van der Waals surface area contributed by atoms with Gasteiger partial charge in [0.25, 0.3) is 15.9 Å². The molecule has 0 aliphatic carbocycles. The van der Waals surface area contributed by atoms with Crippen molar-refractivity contribution in [2.24, 2.45) is 0 Å². The van der Waals surface area contributed by atoms with Crippen LogP contribution in [0.25, 0.3) is 0 Å². The summed E-state index contributed by atoms with van der Waals surface area (Å²) >= 11 is 1.15. The number of nitrogens with one attached hydrogen (secondary N) is 2. The fraction of sp³-hybridized carbons (Fsp3) is 0.333. The number of rotatable bonds is 9. The zero-order valence-electron chi connectivity index (χ0n) is 21.7. The number of carbonyl (C=O) groups is 2. The molecule has 1 aliphatic rings. The minimum atomic E-state index is -3.89. The number of piperazine rings is 1. The van der Waals surface area contributed by atoms with Crippen molar-refractivity contribution in [1.29, 1.82) is 0 Å². The van der Waals surface area contributed by atoms with Gasteiger partial charge in [-0.15, -0.1) is 10.2 Å². The Bertz CT molecular complexity index is 1570. The van der Waals surface area contributed by atoms with Crippen LogP contribution in [0.2, 0.25) is 0 Å². The summed E-state index contributed by atoms with van der Waals surface area (Å²) in [7, 11) is -7.70. The molecule has 2 aromatic carbocycles. The number of ether oxygens (including phenoxy) is 1. The van der Waals surface area contributed by atoms with Gasteiger partial charge in [-0.05, 0) is 61.9 Å². The van der Waals surface area contributed by atoms with Crippen LogP contribution in [-0.2, 0) is 31.2 Å².